The molecule has 2 aromatic carbocycles. The Morgan fingerprint density at radius 1 is 1.00 bits per heavy atom. The zero-order valence-electron chi connectivity index (χ0n) is 14.3. The number of primary amides is 1. The standard InChI is InChI=1S/C18H22N2O3S/c1-11-9-12(2)14(4)18(13(11)3)24(22,23)20-16-7-5-15(6-8-16)10-17(19)21/h5-9,20H,10H2,1-4H3,(H2,19,21). The second-order valence-electron chi connectivity index (χ2n) is 6.03. The number of hydrogen-bond donors (Lipinski definition) is 2. The Morgan fingerprint density at radius 2 is 1.50 bits per heavy atom. The number of rotatable bonds is 5. The maximum atomic E-state index is 12.8. The molecule has 0 aliphatic carbocycles. The smallest absolute Gasteiger partial charge is 0.262 e. The summed E-state index contributed by atoms with van der Waals surface area (Å²) in [5, 5.41) is 0. The summed E-state index contributed by atoms with van der Waals surface area (Å²) in [5.41, 5.74) is 9.71. The Labute approximate surface area is 142 Å². The normalized spacial score (nSPS) is 11.3. The minimum Gasteiger partial charge on any atom is -0.369 e. The van der Waals surface area contributed by atoms with Crippen molar-refractivity contribution in [1.29, 1.82) is 0 Å². The SMILES string of the molecule is Cc1cc(C)c(C)c(S(=O)(=O)Nc2ccc(CC(N)=O)cc2)c1C. The average molecular weight is 346 g/mol. The van der Waals surface area contributed by atoms with Crippen molar-refractivity contribution < 1.29 is 13.2 Å². The molecule has 0 aromatic heterocycles. The van der Waals surface area contributed by atoms with Crippen molar-refractivity contribution in [2.24, 2.45) is 5.73 Å². The third-order valence-electron chi connectivity index (χ3n) is 4.15. The van der Waals surface area contributed by atoms with Crippen LogP contribution in [-0.2, 0) is 21.2 Å². The molecule has 5 nitrogen and oxygen atoms in total. The molecule has 1 amide bonds. The molecule has 6 heteroatoms. The number of hydrogen-bond acceptors (Lipinski definition) is 3. The number of sulfonamides is 1. The van der Waals surface area contributed by atoms with Crippen LogP contribution in [0.4, 0.5) is 5.69 Å². The third-order valence-corrected chi connectivity index (χ3v) is 5.80. The van der Waals surface area contributed by atoms with Gasteiger partial charge in [-0.25, -0.2) is 8.42 Å². The van der Waals surface area contributed by atoms with Crippen LogP contribution in [0.5, 0.6) is 0 Å². The Balaban J connectivity index is 2.38. The predicted octanol–water partition coefficient (Wildman–Crippen LogP) is 2.75. The Kier molecular flexibility index (Phi) is 4.99. The third kappa shape index (κ3) is 3.76. The molecule has 24 heavy (non-hydrogen) atoms. The van der Waals surface area contributed by atoms with Crippen molar-refractivity contribution in [3.8, 4) is 0 Å². The molecule has 0 saturated heterocycles. The quantitative estimate of drug-likeness (QED) is 0.872. The molecule has 0 fully saturated rings. The van der Waals surface area contributed by atoms with E-state index in [9.17, 15) is 13.2 Å². The van der Waals surface area contributed by atoms with Gasteiger partial charge in [-0.3, -0.25) is 9.52 Å². The highest BCUT2D eigenvalue weighted by Crippen LogP contribution is 2.27. The first-order chi connectivity index (χ1) is 11.1. The number of carbonyl (C=O) groups excluding carboxylic acids is 1. The minimum absolute atomic E-state index is 0.127. The number of carbonyl (C=O) groups is 1. The summed E-state index contributed by atoms with van der Waals surface area (Å²) in [6.45, 7) is 7.43. The number of nitrogens with two attached hydrogens (primary N) is 1. The van der Waals surface area contributed by atoms with Gasteiger partial charge in [-0.15, -0.1) is 0 Å². The van der Waals surface area contributed by atoms with E-state index in [1.54, 1.807) is 24.3 Å². The first-order valence-corrected chi connectivity index (χ1v) is 9.07. The van der Waals surface area contributed by atoms with E-state index in [4.69, 9.17) is 5.73 Å². The van der Waals surface area contributed by atoms with Crippen LogP contribution in [0.1, 0.15) is 27.8 Å². The van der Waals surface area contributed by atoms with Crippen molar-refractivity contribution in [1.82, 2.24) is 0 Å². The van der Waals surface area contributed by atoms with Crippen LogP contribution in [0.25, 0.3) is 0 Å². The van der Waals surface area contributed by atoms with Crippen molar-refractivity contribution >= 4 is 21.6 Å². The molecule has 0 aliphatic heterocycles. The fraction of sp³-hybridized carbons (Fsp3) is 0.278. The summed E-state index contributed by atoms with van der Waals surface area (Å²) in [7, 11) is -3.70. The zero-order valence-corrected chi connectivity index (χ0v) is 15.1. The Hall–Kier alpha value is -2.34. The summed E-state index contributed by atoms with van der Waals surface area (Å²) < 4.78 is 28.3. The van der Waals surface area contributed by atoms with Crippen molar-refractivity contribution in [3.05, 3.63) is 58.1 Å². The monoisotopic (exact) mass is 346 g/mol. The van der Waals surface area contributed by atoms with Crippen LogP contribution in [-0.4, -0.2) is 14.3 Å². The van der Waals surface area contributed by atoms with E-state index in [2.05, 4.69) is 4.72 Å². The molecular formula is C18H22N2O3S. The van der Waals surface area contributed by atoms with Crippen LogP contribution < -0.4 is 10.5 Å². The van der Waals surface area contributed by atoms with Crippen LogP contribution in [0.3, 0.4) is 0 Å². The fourth-order valence-corrected chi connectivity index (χ4v) is 4.36. The van der Waals surface area contributed by atoms with Crippen molar-refractivity contribution in [3.63, 3.8) is 0 Å². The predicted molar refractivity (Wildman–Crippen MR) is 95.5 cm³/mol. The van der Waals surface area contributed by atoms with Gasteiger partial charge in [0.15, 0.2) is 0 Å². The first-order valence-electron chi connectivity index (χ1n) is 7.59. The lowest BCUT2D eigenvalue weighted by Crippen LogP contribution is -2.17. The summed E-state index contributed by atoms with van der Waals surface area (Å²) in [4.78, 5) is 11.2. The summed E-state index contributed by atoms with van der Waals surface area (Å²) in [5.74, 6) is -0.426. The van der Waals surface area contributed by atoms with Gasteiger partial charge in [-0.1, -0.05) is 18.2 Å². The van der Waals surface area contributed by atoms with Crippen LogP contribution in [0.2, 0.25) is 0 Å². The molecule has 2 rings (SSSR count). The van der Waals surface area contributed by atoms with Crippen LogP contribution >= 0.6 is 0 Å². The van der Waals surface area contributed by atoms with E-state index in [1.165, 1.54) is 0 Å². The lowest BCUT2D eigenvalue weighted by atomic mass is 10.0. The van der Waals surface area contributed by atoms with Gasteiger partial charge in [0, 0.05) is 5.69 Å². The number of anilines is 1. The van der Waals surface area contributed by atoms with Gasteiger partial charge in [-0.05, 0) is 67.6 Å². The van der Waals surface area contributed by atoms with Gasteiger partial charge in [0.2, 0.25) is 5.91 Å². The number of nitrogens with one attached hydrogen (secondary N) is 1. The van der Waals surface area contributed by atoms with Gasteiger partial charge in [0.1, 0.15) is 0 Å². The van der Waals surface area contributed by atoms with E-state index in [0.29, 0.717) is 10.6 Å². The van der Waals surface area contributed by atoms with E-state index < -0.39 is 15.9 Å². The zero-order chi connectivity index (χ0) is 18.1. The van der Waals surface area contributed by atoms with Crippen molar-refractivity contribution in [2.45, 2.75) is 39.0 Å². The summed E-state index contributed by atoms with van der Waals surface area (Å²) >= 11 is 0. The molecule has 0 heterocycles. The van der Waals surface area contributed by atoms with Gasteiger partial charge < -0.3 is 5.73 Å². The van der Waals surface area contributed by atoms with E-state index in [1.807, 2.05) is 33.8 Å². The molecular weight excluding hydrogens is 324 g/mol. The number of aryl methyl sites for hydroxylation is 2. The lowest BCUT2D eigenvalue weighted by Gasteiger charge is -2.17. The summed E-state index contributed by atoms with van der Waals surface area (Å²) in [6, 6.07) is 8.61. The Bertz CT molecular complexity index is 859. The fourth-order valence-electron chi connectivity index (χ4n) is 2.68. The van der Waals surface area contributed by atoms with Gasteiger partial charge in [0.25, 0.3) is 10.0 Å². The highest BCUT2D eigenvalue weighted by Gasteiger charge is 2.22. The second-order valence-corrected chi connectivity index (χ2v) is 7.65. The van der Waals surface area contributed by atoms with Gasteiger partial charge in [0.05, 0.1) is 11.3 Å². The highest BCUT2D eigenvalue weighted by molar-refractivity contribution is 7.92. The first kappa shape index (κ1) is 18.0. The Morgan fingerprint density at radius 3 is 1.96 bits per heavy atom. The van der Waals surface area contributed by atoms with Gasteiger partial charge >= 0.3 is 0 Å². The maximum Gasteiger partial charge on any atom is 0.262 e. The van der Waals surface area contributed by atoms with E-state index >= 15 is 0 Å². The van der Waals surface area contributed by atoms with Crippen molar-refractivity contribution in [2.75, 3.05) is 4.72 Å². The molecule has 2 aromatic rings. The number of amides is 1. The van der Waals surface area contributed by atoms with Gasteiger partial charge in [-0.2, -0.15) is 0 Å². The average Bonchev–Trinajstić information content (AvgIpc) is 2.46. The molecule has 0 bridgehead atoms. The topological polar surface area (TPSA) is 89.3 Å². The molecule has 0 unspecified atom stereocenters. The molecule has 0 radical (unpaired) electrons. The van der Waals surface area contributed by atoms with E-state index in [0.717, 1.165) is 27.8 Å². The largest absolute Gasteiger partial charge is 0.369 e. The lowest BCUT2D eigenvalue weighted by molar-refractivity contribution is -0.117. The molecule has 0 saturated carbocycles. The number of benzene rings is 2. The van der Waals surface area contributed by atoms with Crippen LogP contribution in [0.15, 0.2) is 35.2 Å². The summed E-state index contributed by atoms with van der Waals surface area (Å²) in [6.07, 6.45) is 0.127. The molecule has 0 atom stereocenters. The maximum absolute atomic E-state index is 12.8. The molecule has 0 aliphatic rings. The second kappa shape index (κ2) is 6.65. The highest BCUT2D eigenvalue weighted by atomic mass is 32.2. The minimum atomic E-state index is -3.70. The molecule has 3 N–H and O–H groups in total. The molecule has 0 spiro atoms. The van der Waals surface area contributed by atoms with Crippen LogP contribution in [0, 0.1) is 27.7 Å². The van der Waals surface area contributed by atoms with E-state index in [-0.39, 0.29) is 6.42 Å². The molecule has 128 valence electrons.